The van der Waals surface area contributed by atoms with Gasteiger partial charge < -0.3 is 10.1 Å². The Bertz CT molecular complexity index is 908. The zero-order chi connectivity index (χ0) is 18.5. The number of hydrogen-bond acceptors (Lipinski definition) is 5. The highest BCUT2D eigenvalue weighted by Gasteiger charge is 2.18. The molecule has 1 N–H and O–H groups in total. The van der Waals surface area contributed by atoms with E-state index in [-0.39, 0.29) is 6.42 Å². The summed E-state index contributed by atoms with van der Waals surface area (Å²) in [5.41, 5.74) is 1.48. The lowest BCUT2D eigenvalue weighted by atomic mass is 10.3. The van der Waals surface area contributed by atoms with E-state index in [4.69, 9.17) is 16.3 Å². The number of rotatable bonds is 6. The number of nitrogens with zero attached hydrogens (tertiary/aromatic N) is 1. The van der Waals surface area contributed by atoms with Crippen molar-refractivity contribution < 1.29 is 14.3 Å². The summed E-state index contributed by atoms with van der Waals surface area (Å²) >= 11 is 7.44. The quantitative estimate of drug-likeness (QED) is 0.633. The topological polar surface area (TPSA) is 68.3 Å². The van der Waals surface area contributed by atoms with Crippen molar-refractivity contribution in [3.05, 3.63) is 58.6 Å². The smallest absolute Gasteiger partial charge is 0.306 e. The Balaban J connectivity index is 1.49. The molecule has 0 saturated carbocycles. The monoisotopic (exact) mass is 388 g/mol. The van der Waals surface area contributed by atoms with Crippen LogP contribution in [0.15, 0.2) is 48.5 Å². The van der Waals surface area contributed by atoms with Crippen molar-refractivity contribution in [2.45, 2.75) is 25.9 Å². The van der Waals surface area contributed by atoms with Crippen LogP contribution in [0, 0.1) is 0 Å². The van der Waals surface area contributed by atoms with E-state index < -0.39 is 18.0 Å². The Morgan fingerprint density at radius 3 is 2.81 bits per heavy atom. The summed E-state index contributed by atoms with van der Waals surface area (Å²) in [5.74, 6) is -0.835. The second-order valence-corrected chi connectivity index (χ2v) is 7.26. The second kappa shape index (κ2) is 8.29. The average Bonchev–Trinajstić information content (AvgIpc) is 3.03. The van der Waals surface area contributed by atoms with Crippen molar-refractivity contribution in [3.63, 3.8) is 0 Å². The number of amides is 1. The first-order chi connectivity index (χ1) is 12.5. The van der Waals surface area contributed by atoms with Crippen molar-refractivity contribution in [2.24, 2.45) is 0 Å². The highest BCUT2D eigenvalue weighted by atomic mass is 35.5. The number of aryl methyl sites for hydroxylation is 1. The molecule has 0 fully saturated rings. The lowest BCUT2D eigenvalue weighted by molar-refractivity contribution is -0.153. The molecule has 0 bridgehead atoms. The van der Waals surface area contributed by atoms with Gasteiger partial charge in [0.25, 0.3) is 5.91 Å². The molecule has 0 aliphatic heterocycles. The molecule has 3 aromatic rings. The van der Waals surface area contributed by atoms with Crippen LogP contribution in [0.4, 0.5) is 5.69 Å². The zero-order valence-corrected chi connectivity index (χ0v) is 15.6. The summed E-state index contributed by atoms with van der Waals surface area (Å²) in [4.78, 5) is 28.6. The third-order valence-corrected chi connectivity index (χ3v) is 4.98. The zero-order valence-electron chi connectivity index (χ0n) is 14.1. The van der Waals surface area contributed by atoms with E-state index in [0.29, 0.717) is 17.1 Å². The van der Waals surface area contributed by atoms with Gasteiger partial charge in [0.15, 0.2) is 6.10 Å². The molecule has 0 aliphatic carbocycles. The van der Waals surface area contributed by atoms with Crippen LogP contribution >= 0.6 is 22.9 Å². The summed E-state index contributed by atoms with van der Waals surface area (Å²) in [6.07, 6.45) is -0.230. The number of thiazole rings is 1. The van der Waals surface area contributed by atoms with E-state index in [0.717, 1.165) is 15.2 Å². The molecule has 2 aromatic carbocycles. The molecule has 1 amide bonds. The van der Waals surface area contributed by atoms with Gasteiger partial charge in [-0.1, -0.05) is 29.8 Å². The van der Waals surface area contributed by atoms with E-state index in [1.165, 1.54) is 6.92 Å². The van der Waals surface area contributed by atoms with Crippen molar-refractivity contribution in [1.82, 2.24) is 4.98 Å². The van der Waals surface area contributed by atoms with Crippen LogP contribution in [0.1, 0.15) is 18.4 Å². The minimum absolute atomic E-state index is 0.175. The molecule has 1 heterocycles. The lowest BCUT2D eigenvalue weighted by Crippen LogP contribution is -2.30. The number of fused-ring (bicyclic) bond motifs is 1. The van der Waals surface area contributed by atoms with Crippen LogP contribution in [0.25, 0.3) is 10.2 Å². The van der Waals surface area contributed by atoms with Gasteiger partial charge in [-0.25, -0.2) is 4.98 Å². The van der Waals surface area contributed by atoms with E-state index in [1.54, 1.807) is 35.6 Å². The molecule has 1 atom stereocenters. The summed E-state index contributed by atoms with van der Waals surface area (Å²) in [7, 11) is 0. The van der Waals surface area contributed by atoms with E-state index in [2.05, 4.69) is 10.3 Å². The van der Waals surface area contributed by atoms with Crippen LogP contribution < -0.4 is 5.32 Å². The SMILES string of the molecule is CC(OC(=O)CCc1nc2ccccc2s1)C(=O)Nc1cccc(Cl)c1. The van der Waals surface area contributed by atoms with Crippen LogP contribution in [0.2, 0.25) is 5.02 Å². The Morgan fingerprint density at radius 2 is 2.04 bits per heavy atom. The van der Waals surface area contributed by atoms with Gasteiger partial charge >= 0.3 is 5.97 Å². The highest BCUT2D eigenvalue weighted by Crippen LogP contribution is 2.22. The summed E-state index contributed by atoms with van der Waals surface area (Å²) in [6, 6.07) is 14.6. The van der Waals surface area contributed by atoms with Gasteiger partial charge in [-0.2, -0.15) is 0 Å². The highest BCUT2D eigenvalue weighted by molar-refractivity contribution is 7.18. The Labute approximate surface area is 160 Å². The van der Waals surface area contributed by atoms with Gasteiger partial charge in [-0.05, 0) is 37.3 Å². The third kappa shape index (κ3) is 4.80. The first kappa shape index (κ1) is 18.4. The number of para-hydroxylation sites is 1. The largest absolute Gasteiger partial charge is 0.453 e. The van der Waals surface area contributed by atoms with E-state index in [1.807, 2.05) is 24.3 Å². The van der Waals surface area contributed by atoms with Gasteiger partial charge in [0, 0.05) is 17.1 Å². The number of aromatic nitrogens is 1. The number of anilines is 1. The van der Waals surface area contributed by atoms with Crippen LogP contribution in [-0.4, -0.2) is 23.0 Å². The van der Waals surface area contributed by atoms with Gasteiger partial charge in [-0.3, -0.25) is 9.59 Å². The first-order valence-corrected chi connectivity index (χ1v) is 9.31. The number of halogens is 1. The van der Waals surface area contributed by atoms with Crippen molar-refractivity contribution in [2.75, 3.05) is 5.32 Å². The Hall–Kier alpha value is -2.44. The number of ether oxygens (including phenoxy) is 1. The molecule has 0 aliphatic rings. The minimum Gasteiger partial charge on any atom is -0.453 e. The third-order valence-electron chi connectivity index (χ3n) is 3.65. The number of carbonyl (C=O) groups excluding carboxylic acids is 2. The van der Waals surface area contributed by atoms with Crippen LogP contribution in [-0.2, 0) is 20.7 Å². The molecule has 3 rings (SSSR count). The minimum atomic E-state index is -0.892. The molecular formula is C19H17ClN2O3S. The summed E-state index contributed by atoms with van der Waals surface area (Å²) in [6.45, 7) is 1.54. The average molecular weight is 389 g/mol. The number of esters is 1. The van der Waals surface area contributed by atoms with Gasteiger partial charge in [0.2, 0.25) is 0 Å². The number of nitrogens with one attached hydrogen (secondary N) is 1. The standard InChI is InChI=1S/C19H17ClN2O3S/c1-12(19(24)21-14-6-4-5-13(20)11-14)25-18(23)10-9-17-22-15-7-2-3-8-16(15)26-17/h2-8,11-12H,9-10H2,1H3,(H,21,24). The van der Waals surface area contributed by atoms with Gasteiger partial charge in [0.05, 0.1) is 21.6 Å². The molecule has 0 spiro atoms. The normalized spacial score (nSPS) is 11.9. The number of carbonyl (C=O) groups is 2. The molecule has 0 radical (unpaired) electrons. The molecule has 0 saturated heterocycles. The van der Waals surface area contributed by atoms with Gasteiger partial charge in [-0.15, -0.1) is 11.3 Å². The first-order valence-electron chi connectivity index (χ1n) is 8.11. The molecular weight excluding hydrogens is 372 g/mol. The van der Waals surface area contributed by atoms with E-state index in [9.17, 15) is 9.59 Å². The molecule has 5 nitrogen and oxygen atoms in total. The number of hydrogen-bond donors (Lipinski definition) is 1. The fraction of sp³-hybridized carbons (Fsp3) is 0.211. The van der Waals surface area contributed by atoms with Crippen molar-refractivity contribution in [1.29, 1.82) is 0 Å². The van der Waals surface area contributed by atoms with Crippen molar-refractivity contribution in [3.8, 4) is 0 Å². The fourth-order valence-corrected chi connectivity index (χ4v) is 3.51. The van der Waals surface area contributed by atoms with Crippen molar-refractivity contribution >= 4 is 50.7 Å². The molecule has 134 valence electrons. The van der Waals surface area contributed by atoms with E-state index >= 15 is 0 Å². The maximum Gasteiger partial charge on any atom is 0.306 e. The fourth-order valence-electron chi connectivity index (χ4n) is 2.36. The molecule has 26 heavy (non-hydrogen) atoms. The molecule has 1 unspecified atom stereocenters. The Kier molecular flexibility index (Phi) is 5.85. The summed E-state index contributed by atoms with van der Waals surface area (Å²) in [5, 5.41) is 4.06. The predicted octanol–water partition coefficient (Wildman–Crippen LogP) is 4.45. The number of benzene rings is 2. The predicted molar refractivity (Wildman–Crippen MR) is 104 cm³/mol. The van der Waals surface area contributed by atoms with Crippen LogP contribution in [0.3, 0.4) is 0 Å². The lowest BCUT2D eigenvalue weighted by Gasteiger charge is -2.13. The van der Waals surface area contributed by atoms with Crippen LogP contribution in [0.5, 0.6) is 0 Å². The Morgan fingerprint density at radius 1 is 1.23 bits per heavy atom. The van der Waals surface area contributed by atoms with Gasteiger partial charge in [0.1, 0.15) is 0 Å². The maximum absolute atomic E-state index is 12.1. The molecule has 7 heteroatoms. The second-order valence-electron chi connectivity index (χ2n) is 5.71. The summed E-state index contributed by atoms with van der Waals surface area (Å²) < 4.78 is 6.29. The molecule has 1 aromatic heterocycles. The maximum atomic E-state index is 12.1.